The van der Waals surface area contributed by atoms with Crippen LogP contribution in [0, 0.1) is 24.7 Å². The minimum Gasteiger partial charge on any atom is -0.347 e. The molecule has 1 aromatic heterocycles. The van der Waals surface area contributed by atoms with Crippen LogP contribution in [0.25, 0.3) is 6.08 Å². The Hall–Kier alpha value is -1.78. The average Bonchev–Trinajstić information content (AvgIpc) is 2.93. The van der Waals surface area contributed by atoms with Gasteiger partial charge in [0.1, 0.15) is 5.15 Å². The smallest absolute Gasteiger partial charge is 0.244 e. The number of aryl methyl sites for hydroxylation is 1. The Kier molecular flexibility index (Phi) is 5.19. The molecular weight excluding hydrogens is 417 g/mol. The summed E-state index contributed by atoms with van der Waals surface area (Å²) in [5, 5.41) is 9.18. The molecule has 0 atom stereocenters. The Labute approximate surface area is 187 Å². The molecule has 4 aliphatic carbocycles. The van der Waals surface area contributed by atoms with Crippen molar-refractivity contribution < 1.29 is 4.79 Å². The largest absolute Gasteiger partial charge is 0.347 e. The fourth-order valence-electron chi connectivity index (χ4n) is 6.35. The van der Waals surface area contributed by atoms with Crippen LogP contribution >= 0.6 is 23.2 Å². The molecule has 1 amide bonds. The second kappa shape index (κ2) is 7.72. The van der Waals surface area contributed by atoms with Crippen LogP contribution in [0.1, 0.15) is 55.3 Å². The van der Waals surface area contributed by atoms with E-state index in [0.29, 0.717) is 16.7 Å². The third-order valence-corrected chi connectivity index (χ3v) is 7.83. The molecule has 1 aromatic carbocycles. The van der Waals surface area contributed by atoms with Crippen LogP contribution in [0.15, 0.2) is 30.3 Å². The first-order valence-corrected chi connectivity index (χ1v) is 11.6. The number of rotatable bonds is 5. The lowest BCUT2D eigenvalue weighted by Crippen LogP contribution is -2.59. The highest BCUT2D eigenvalue weighted by Gasteiger charge is 2.51. The average molecular weight is 444 g/mol. The lowest BCUT2D eigenvalue weighted by molar-refractivity contribution is -0.122. The maximum Gasteiger partial charge on any atom is 0.244 e. The first-order chi connectivity index (χ1) is 14.4. The lowest BCUT2D eigenvalue weighted by Gasteiger charge is -2.56. The van der Waals surface area contributed by atoms with E-state index in [4.69, 9.17) is 23.2 Å². The summed E-state index contributed by atoms with van der Waals surface area (Å²) in [6.45, 7) is 2.48. The van der Waals surface area contributed by atoms with Gasteiger partial charge in [-0.15, -0.1) is 0 Å². The van der Waals surface area contributed by atoms with Crippen LogP contribution in [0.4, 0.5) is 0 Å². The Balaban J connectivity index is 1.28. The maximum absolute atomic E-state index is 12.8. The van der Waals surface area contributed by atoms with Crippen molar-refractivity contribution in [1.82, 2.24) is 15.1 Å². The van der Waals surface area contributed by atoms with E-state index in [0.717, 1.165) is 53.8 Å². The molecule has 0 aliphatic heterocycles. The molecule has 1 N–H and O–H groups in total. The molecule has 6 heteroatoms. The van der Waals surface area contributed by atoms with Gasteiger partial charge in [-0.25, -0.2) is 4.68 Å². The second-order valence-electron chi connectivity index (χ2n) is 9.59. The van der Waals surface area contributed by atoms with Gasteiger partial charge in [-0.3, -0.25) is 4.79 Å². The summed E-state index contributed by atoms with van der Waals surface area (Å²) in [6.07, 6.45) is 11.0. The van der Waals surface area contributed by atoms with E-state index < -0.39 is 0 Å². The number of carbonyl (C=O) groups is 1. The predicted octanol–water partition coefficient (Wildman–Crippen LogP) is 5.64. The summed E-state index contributed by atoms with van der Waals surface area (Å²) in [5.74, 6) is 2.41. The highest BCUT2D eigenvalue weighted by molar-refractivity contribution is 6.31. The maximum atomic E-state index is 12.8. The summed E-state index contributed by atoms with van der Waals surface area (Å²) in [5.41, 5.74) is 2.70. The number of nitrogens with zero attached hydrogens (tertiary/aromatic N) is 2. The zero-order chi connectivity index (χ0) is 20.9. The number of aromatic nitrogens is 2. The normalized spacial score (nSPS) is 29.6. The molecule has 158 valence electrons. The summed E-state index contributed by atoms with van der Waals surface area (Å²) < 4.78 is 1.76. The lowest BCUT2D eigenvalue weighted by atomic mass is 9.53. The molecule has 4 nitrogen and oxygen atoms in total. The molecule has 4 fully saturated rings. The molecule has 1 heterocycles. The van der Waals surface area contributed by atoms with Gasteiger partial charge >= 0.3 is 0 Å². The first-order valence-electron chi connectivity index (χ1n) is 10.9. The fourth-order valence-corrected chi connectivity index (χ4v) is 6.77. The van der Waals surface area contributed by atoms with Crippen molar-refractivity contribution in [1.29, 1.82) is 0 Å². The summed E-state index contributed by atoms with van der Waals surface area (Å²) in [7, 11) is 0. The van der Waals surface area contributed by atoms with E-state index in [2.05, 4.69) is 10.4 Å². The quantitative estimate of drug-likeness (QED) is 0.607. The Morgan fingerprint density at radius 2 is 1.73 bits per heavy atom. The number of nitrogens with one attached hydrogen (secondary N) is 1. The van der Waals surface area contributed by atoms with Gasteiger partial charge in [0.15, 0.2) is 0 Å². The first kappa shape index (κ1) is 20.1. The van der Waals surface area contributed by atoms with E-state index in [1.54, 1.807) is 16.8 Å². The SMILES string of the molecule is Cc1nn(Cc2ccc(Cl)cc2)c(Cl)c1C=CC(=O)NC12CC3CC(CC(C3)C1)C2. The van der Waals surface area contributed by atoms with Gasteiger partial charge in [-0.2, -0.15) is 5.10 Å². The van der Waals surface area contributed by atoms with Gasteiger partial charge in [0.05, 0.1) is 12.2 Å². The Morgan fingerprint density at radius 3 is 2.33 bits per heavy atom. The zero-order valence-electron chi connectivity index (χ0n) is 17.2. The minimum absolute atomic E-state index is 0.0159. The van der Waals surface area contributed by atoms with Crippen molar-refractivity contribution in [3.8, 4) is 0 Å². The number of hydrogen-bond donors (Lipinski definition) is 1. The highest BCUT2D eigenvalue weighted by Crippen LogP contribution is 2.55. The number of amides is 1. The van der Waals surface area contributed by atoms with Crippen molar-refractivity contribution in [2.45, 2.75) is 57.5 Å². The highest BCUT2D eigenvalue weighted by atomic mass is 35.5. The van der Waals surface area contributed by atoms with Crippen molar-refractivity contribution in [2.75, 3.05) is 0 Å². The Morgan fingerprint density at radius 1 is 1.13 bits per heavy atom. The third-order valence-electron chi connectivity index (χ3n) is 7.18. The van der Waals surface area contributed by atoms with Crippen LogP contribution in [0.5, 0.6) is 0 Å². The van der Waals surface area contributed by atoms with Gasteiger partial charge < -0.3 is 5.32 Å². The van der Waals surface area contributed by atoms with Crippen molar-refractivity contribution in [3.63, 3.8) is 0 Å². The molecule has 0 unspecified atom stereocenters. The van der Waals surface area contributed by atoms with E-state index >= 15 is 0 Å². The standard InChI is InChI=1S/C24H27Cl2N3O/c1-15-21(23(26)29(28-15)14-16-2-4-20(25)5-3-16)6-7-22(30)27-24-11-17-8-18(12-24)10-19(9-17)13-24/h2-7,17-19H,8-14H2,1H3,(H,27,30). The monoisotopic (exact) mass is 443 g/mol. The van der Waals surface area contributed by atoms with Crippen LogP contribution in [-0.4, -0.2) is 21.2 Å². The predicted molar refractivity (Wildman–Crippen MR) is 121 cm³/mol. The Bertz CT molecular complexity index is 957. The van der Waals surface area contributed by atoms with Crippen LogP contribution < -0.4 is 5.32 Å². The topological polar surface area (TPSA) is 46.9 Å². The number of benzene rings is 1. The number of carbonyl (C=O) groups excluding carboxylic acids is 1. The van der Waals surface area contributed by atoms with Gasteiger partial charge in [0, 0.05) is 22.2 Å². The summed E-state index contributed by atoms with van der Waals surface area (Å²) >= 11 is 12.5. The van der Waals surface area contributed by atoms with Crippen molar-refractivity contribution in [2.24, 2.45) is 17.8 Å². The zero-order valence-corrected chi connectivity index (χ0v) is 18.7. The fraction of sp³-hybridized carbons (Fsp3) is 0.500. The summed E-state index contributed by atoms with van der Waals surface area (Å²) in [4.78, 5) is 12.8. The van der Waals surface area contributed by atoms with Gasteiger partial charge in [-0.1, -0.05) is 35.3 Å². The van der Waals surface area contributed by atoms with E-state index in [9.17, 15) is 4.79 Å². The third kappa shape index (κ3) is 3.92. The molecular formula is C24H27Cl2N3O. The summed E-state index contributed by atoms with van der Waals surface area (Å²) in [6, 6.07) is 7.64. The molecule has 6 rings (SSSR count). The van der Waals surface area contributed by atoms with E-state index in [1.807, 2.05) is 31.2 Å². The molecule has 0 saturated heterocycles. The van der Waals surface area contributed by atoms with E-state index in [-0.39, 0.29) is 11.4 Å². The van der Waals surface area contributed by atoms with Crippen LogP contribution in [0.3, 0.4) is 0 Å². The molecule has 0 spiro atoms. The van der Waals surface area contributed by atoms with Crippen molar-refractivity contribution >= 4 is 35.2 Å². The minimum atomic E-state index is -0.0159. The molecule has 4 bridgehead atoms. The van der Waals surface area contributed by atoms with Crippen LogP contribution in [0.2, 0.25) is 10.2 Å². The van der Waals surface area contributed by atoms with Crippen LogP contribution in [-0.2, 0) is 11.3 Å². The number of hydrogen-bond acceptors (Lipinski definition) is 2. The molecule has 2 aromatic rings. The molecule has 4 saturated carbocycles. The second-order valence-corrected chi connectivity index (χ2v) is 10.4. The van der Waals surface area contributed by atoms with Crippen molar-refractivity contribution in [3.05, 3.63) is 57.3 Å². The molecule has 30 heavy (non-hydrogen) atoms. The number of halogens is 2. The molecule has 0 radical (unpaired) electrons. The van der Waals surface area contributed by atoms with Gasteiger partial charge in [0.2, 0.25) is 5.91 Å². The van der Waals surface area contributed by atoms with E-state index in [1.165, 1.54) is 19.3 Å². The van der Waals surface area contributed by atoms with Gasteiger partial charge in [0.25, 0.3) is 0 Å². The molecule has 4 aliphatic rings. The van der Waals surface area contributed by atoms with Gasteiger partial charge in [-0.05, 0) is 87.0 Å².